The van der Waals surface area contributed by atoms with E-state index in [2.05, 4.69) is 15.0 Å². The molecule has 1 saturated heterocycles. The van der Waals surface area contributed by atoms with E-state index in [4.69, 9.17) is 0 Å². The Morgan fingerprint density at radius 1 is 0.825 bits per heavy atom. The van der Waals surface area contributed by atoms with Gasteiger partial charge in [0.25, 0.3) is 0 Å². The molecule has 5 nitrogen and oxygen atoms in total. The summed E-state index contributed by atoms with van der Waals surface area (Å²) >= 11 is 0. The Hall–Kier alpha value is -3.97. The van der Waals surface area contributed by atoms with E-state index in [9.17, 15) is 39.5 Å². The van der Waals surface area contributed by atoms with Crippen LogP contribution in [0, 0.1) is 0 Å². The number of pyridine rings is 1. The number of halogens is 9. The zero-order valence-corrected chi connectivity index (χ0v) is 20.6. The summed E-state index contributed by atoms with van der Waals surface area (Å²) < 4.78 is 122. The van der Waals surface area contributed by atoms with E-state index >= 15 is 0 Å². The summed E-state index contributed by atoms with van der Waals surface area (Å²) in [7, 11) is 0. The van der Waals surface area contributed by atoms with Crippen molar-refractivity contribution < 1.29 is 39.5 Å². The van der Waals surface area contributed by atoms with Crippen molar-refractivity contribution in [3.05, 3.63) is 71.4 Å². The zero-order valence-electron chi connectivity index (χ0n) is 20.6. The molecule has 1 N–H and O–H groups in total. The number of hydrogen-bond acceptors (Lipinski definition) is 4. The number of nitrogens with zero attached hydrogens (tertiary/aromatic N) is 4. The SMILES string of the molecule is CC1CN(c2ncccc2C(F)(F)F)CCN1c1nc2c(-c3cccc(C(F)(F)F)c3)cc(C(F)(F)F)cc2[nH]1. The molecule has 0 saturated carbocycles. The molecule has 0 bridgehead atoms. The van der Waals surface area contributed by atoms with Crippen molar-refractivity contribution in [2.75, 3.05) is 29.4 Å². The Balaban J connectivity index is 1.52. The molecule has 3 heterocycles. The number of alkyl halides is 9. The van der Waals surface area contributed by atoms with Crippen LogP contribution in [0.4, 0.5) is 51.3 Å². The summed E-state index contributed by atoms with van der Waals surface area (Å²) in [6.07, 6.45) is -12.8. The second kappa shape index (κ2) is 9.59. The van der Waals surface area contributed by atoms with Crippen LogP contribution in [-0.4, -0.2) is 40.6 Å². The zero-order chi connectivity index (χ0) is 29.0. The number of anilines is 2. The van der Waals surface area contributed by atoms with Crippen molar-refractivity contribution in [1.82, 2.24) is 15.0 Å². The highest BCUT2D eigenvalue weighted by molar-refractivity contribution is 5.94. The lowest BCUT2D eigenvalue weighted by molar-refractivity contribution is -0.138. The Kier molecular flexibility index (Phi) is 6.62. The van der Waals surface area contributed by atoms with Gasteiger partial charge in [-0.2, -0.15) is 39.5 Å². The summed E-state index contributed by atoms with van der Waals surface area (Å²) in [5.41, 5.74) is -3.24. The van der Waals surface area contributed by atoms with E-state index in [1.807, 2.05) is 0 Å². The van der Waals surface area contributed by atoms with Crippen molar-refractivity contribution in [3.63, 3.8) is 0 Å². The van der Waals surface area contributed by atoms with Gasteiger partial charge in [0.1, 0.15) is 5.82 Å². The van der Waals surface area contributed by atoms with Gasteiger partial charge in [0, 0.05) is 37.4 Å². The largest absolute Gasteiger partial charge is 0.419 e. The summed E-state index contributed by atoms with van der Waals surface area (Å²) in [5, 5.41) is 0. The number of rotatable bonds is 3. The molecule has 1 atom stereocenters. The quantitative estimate of drug-likeness (QED) is 0.260. The van der Waals surface area contributed by atoms with Crippen LogP contribution >= 0.6 is 0 Å². The molecule has 2 aromatic heterocycles. The Labute approximate surface area is 221 Å². The Morgan fingerprint density at radius 2 is 1.55 bits per heavy atom. The molecule has 1 aliphatic heterocycles. The van der Waals surface area contributed by atoms with Gasteiger partial charge in [-0.05, 0) is 48.9 Å². The first-order valence-corrected chi connectivity index (χ1v) is 12.0. The van der Waals surface area contributed by atoms with Gasteiger partial charge in [-0.15, -0.1) is 0 Å². The van der Waals surface area contributed by atoms with E-state index in [-0.39, 0.29) is 53.6 Å². The lowest BCUT2D eigenvalue weighted by atomic mass is 9.99. The summed E-state index contributed by atoms with van der Waals surface area (Å²) in [4.78, 5) is 14.4. The predicted molar refractivity (Wildman–Crippen MR) is 130 cm³/mol. The van der Waals surface area contributed by atoms with Crippen molar-refractivity contribution in [2.45, 2.75) is 31.5 Å². The molecule has 1 fully saturated rings. The maximum Gasteiger partial charge on any atom is 0.419 e. The summed E-state index contributed by atoms with van der Waals surface area (Å²) in [5.74, 6) is -0.0838. The first-order valence-electron chi connectivity index (χ1n) is 12.0. The van der Waals surface area contributed by atoms with E-state index in [1.54, 1.807) is 11.8 Å². The highest BCUT2D eigenvalue weighted by Gasteiger charge is 2.38. The Bertz CT molecular complexity index is 1540. The molecule has 2 aromatic carbocycles. The highest BCUT2D eigenvalue weighted by atomic mass is 19.4. The van der Waals surface area contributed by atoms with Crippen molar-refractivity contribution in [3.8, 4) is 11.1 Å². The van der Waals surface area contributed by atoms with Crippen molar-refractivity contribution >= 4 is 22.8 Å². The standard InChI is InChI=1S/C26H20F9N5/c1-14-13-39(22-19(26(33,34)35)6-3-7-36-22)8-9-40(14)23-37-20-12-17(25(30,31)32)11-18(21(20)38-23)15-4-2-5-16(10-15)24(27,28)29/h2-7,10-12,14H,8-9,13H2,1H3,(H,37,38). The normalized spacial score (nSPS) is 17.1. The van der Waals surface area contributed by atoms with Crippen LogP contribution < -0.4 is 9.80 Å². The minimum atomic E-state index is -4.78. The van der Waals surface area contributed by atoms with Gasteiger partial charge in [0.15, 0.2) is 0 Å². The van der Waals surface area contributed by atoms with Gasteiger partial charge < -0.3 is 14.8 Å². The van der Waals surface area contributed by atoms with Crippen LogP contribution in [0.2, 0.25) is 0 Å². The molecule has 0 amide bonds. The molecule has 1 aliphatic rings. The third-order valence-corrected chi connectivity index (χ3v) is 6.69. The number of hydrogen-bond donors (Lipinski definition) is 1. The molecular formula is C26H20F9N5. The van der Waals surface area contributed by atoms with E-state index < -0.39 is 41.3 Å². The van der Waals surface area contributed by atoms with Gasteiger partial charge in [0.2, 0.25) is 5.95 Å². The van der Waals surface area contributed by atoms with Crippen LogP contribution in [0.3, 0.4) is 0 Å². The molecule has 5 rings (SSSR count). The van der Waals surface area contributed by atoms with Crippen molar-refractivity contribution in [1.29, 1.82) is 0 Å². The topological polar surface area (TPSA) is 48.1 Å². The van der Waals surface area contributed by atoms with Crippen LogP contribution in [0.15, 0.2) is 54.7 Å². The molecule has 212 valence electrons. The van der Waals surface area contributed by atoms with Gasteiger partial charge in [-0.1, -0.05) is 12.1 Å². The monoisotopic (exact) mass is 573 g/mol. The van der Waals surface area contributed by atoms with Crippen LogP contribution in [0.1, 0.15) is 23.6 Å². The summed E-state index contributed by atoms with van der Waals surface area (Å²) in [6, 6.07) is 7.21. The number of nitrogens with one attached hydrogen (secondary N) is 1. The molecule has 14 heteroatoms. The smallest absolute Gasteiger partial charge is 0.352 e. The number of benzene rings is 2. The molecule has 40 heavy (non-hydrogen) atoms. The van der Waals surface area contributed by atoms with Gasteiger partial charge in [-0.25, -0.2) is 9.97 Å². The lowest BCUT2D eigenvalue weighted by Crippen LogP contribution is -2.53. The third-order valence-electron chi connectivity index (χ3n) is 6.69. The minimum Gasteiger partial charge on any atom is -0.352 e. The van der Waals surface area contributed by atoms with Gasteiger partial charge in [-0.3, -0.25) is 0 Å². The summed E-state index contributed by atoms with van der Waals surface area (Å²) in [6.45, 7) is 2.07. The average Bonchev–Trinajstić information content (AvgIpc) is 3.30. The second-order valence-corrected chi connectivity index (χ2v) is 9.42. The van der Waals surface area contributed by atoms with Crippen molar-refractivity contribution in [2.24, 2.45) is 0 Å². The molecular weight excluding hydrogens is 553 g/mol. The molecule has 4 aromatic rings. The number of piperazine rings is 1. The van der Waals surface area contributed by atoms with Gasteiger partial charge in [0.05, 0.1) is 27.7 Å². The van der Waals surface area contributed by atoms with Crippen LogP contribution in [0.25, 0.3) is 22.2 Å². The van der Waals surface area contributed by atoms with E-state index in [0.717, 1.165) is 36.4 Å². The first kappa shape index (κ1) is 27.6. The van der Waals surface area contributed by atoms with Crippen LogP contribution in [-0.2, 0) is 18.5 Å². The Morgan fingerprint density at radius 3 is 2.20 bits per heavy atom. The number of aromatic nitrogens is 3. The van der Waals surface area contributed by atoms with Gasteiger partial charge >= 0.3 is 18.5 Å². The number of imidazole rings is 1. The average molecular weight is 573 g/mol. The third kappa shape index (κ3) is 5.26. The maximum atomic E-state index is 13.7. The molecule has 0 aliphatic carbocycles. The fourth-order valence-electron chi connectivity index (χ4n) is 4.82. The predicted octanol–water partition coefficient (Wildman–Crippen LogP) is 7.40. The number of H-pyrrole nitrogens is 1. The fraction of sp³-hybridized carbons (Fsp3) is 0.308. The lowest BCUT2D eigenvalue weighted by Gasteiger charge is -2.40. The minimum absolute atomic E-state index is 0.0287. The number of aromatic amines is 1. The maximum absolute atomic E-state index is 13.7. The van der Waals surface area contributed by atoms with E-state index in [1.165, 1.54) is 23.2 Å². The van der Waals surface area contributed by atoms with Crippen LogP contribution in [0.5, 0.6) is 0 Å². The first-order chi connectivity index (χ1) is 18.6. The number of fused-ring (bicyclic) bond motifs is 1. The molecule has 0 spiro atoms. The highest BCUT2D eigenvalue weighted by Crippen LogP contribution is 2.40. The van der Waals surface area contributed by atoms with E-state index in [0.29, 0.717) is 0 Å². The molecule has 1 unspecified atom stereocenters. The fourth-order valence-corrected chi connectivity index (χ4v) is 4.82. The molecule has 0 radical (unpaired) electrons. The second-order valence-electron chi connectivity index (χ2n) is 9.42.